The predicted molar refractivity (Wildman–Crippen MR) is 62.4 cm³/mol. The highest BCUT2D eigenvalue weighted by Crippen LogP contribution is 2.29. The zero-order valence-corrected chi connectivity index (χ0v) is 10.2. The molecule has 0 heterocycles. The Morgan fingerprint density at radius 1 is 1.27 bits per heavy atom. The number of allylic oxidation sites excluding steroid dienone is 3. The van der Waals surface area contributed by atoms with E-state index in [1.807, 2.05) is 0 Å². The number of aliphatic hydroxyl groups excluding tert-OH is 1. The quantitative estimate of drug-likeness (QED) is 0.723. The van der Waals surface area contributed by atoms with Gasteiger partial charge in [-0.1, -0.05) is 32.4 Å². The molecule has 0 aromatic carbocycles. The highest BCUT2D eigenvalue weighted by molar-refractivity contribution is 5.21. The third-order valence-corrected chi connectivity index (χ3v) is 3.15. The van der Waals surface area contributed by atoms with E-state index in [0.29, 0.717) is 5.92 Å². The minimum Gasteiger partial charge on any atom is -0.501 e. The van der Waals surface area contributed by atoms with Crippen LogP contribution in [0.15, 0.2) is 23.5 Å². The monoisotopic (exact) mass is 210 g/mol. The molecule has 0 bridgehead atoms. The van der Waals surface area contributed by atoms with Crippen molar-refractivity contribution >= 4 is 0 Å². The van der Waals surface area contributed by atoms with Crippen LogP contribution in [0.3, 0.4) is 0 Å². The highest BCUT2D eigenvalue weighted by Gasteiger charge is 2.23. The average Bonchev–Trinajstić information content (AvgIpc) is 2.27. The molecule has 0 saturated carbocycles. The lowest BCUT2D eigenvalue weighted by atomic mass is 9.84. The Kier molecular flexibility index (Phi) is 4.40. The van der Waals surface area contributed by atoms with Crippen molar-refractivity contribution in [2.45, 2.75) is 39.7 Å². The Labute approximate surface area is 92.6 Å². The fourth-order valence-electron chi connectivity index (χ4n) is 1.99. The molecule has 1 aliphatic carbocycles. The van der Waals surface area contributed by atoms with Gasteiger partial charge in [0, 0.05) is 12.3 Å². The summed E-state index contributed by atoms with van der Waals surface area (Å²) in [5.41, 5.74) is 1.30. The van der Waals surface area contributed by atoms with Crippen molar-refractivity contribution in [1.82, 2.24) is 0 Å². The van der Waals surface area contributed by atoms with Gasteiger partial charge in [-0.15, -0.1) is 0 Å². The normalized spacial score (nSPS) is 20.7. The summed E-state index contributed by atoms with van der Waals surface area (Å²) < 4.78 is 5.25. The van der Waals surface area contributed by atoms with Gasteiger partial charge < -0.3 is 9.84 Å². The van der Waals surface area contributed by atoms with Crippen LogP contribution in [0.2, 0.25) is 0 Å². The van der Waals surface area contributed by atoms with Crippen LogP contribution in [-0.2, 0) is 4.74 Å². The Balaban J connectivity index is 2.61. The van der Waals surface area contributed by atoms with E-state index in [4.69, 9.17) is 4.74 Å². The van der Waals surface area contributed by atoms with Gasteiger partial charge in [-0.25, -0.2) is 0 Å². The van der Waals surface area contributed by atoms with Crippen molar-refractivity contribution in [2.75, 3.05) is 7.11 Å². The summed E-state index contributed by atoms with van der Waals surface area (Å²) >= 11 is 0. The standard InChI is InChI=1S/C13H22O2/c1-9(2)13(14)10(3)11-6-5-7-12(8-11)15-4/h6-7,9-10,13-14H,5,8H2,1-4H3. The number of aliphatic hydroxyl groups is 1. The molecule has 0 saturated heterocycles. The summed E-state index contributed by atoms with van der Waals surface area (Å²) in [5, 5.41) is 10.0. The van der Waals surface area contributed by atoms with Gasteiger partial charge in [-0.05, 0) is 18.4 Å². The van der Waals surface area contributed by atoms with Crippen LogP contribution in [0.5, 0.6) is 0 Å². The first-order valence-electron chi connectivity index (χ1n) is 5.66. The molecule has 0 spiro atoms. The number of hydrogen-bond acceptors (Lipinski definition) is 2. The van der Waals surface area contributed by atoms with Gasteiger partial charge in [0.15, 0.2) is 0 Å². The van der Waals surface area contributed by atoms with Gasteiger partial charge in [0.05, 0.1) is 19.0 Å². The summed E-state index contributed by atoms with van der Waals surface area (Å²) in [6.45, 7) is 6.20. The molecule has 86 valence electrons. The molecule has 2 nitrogen and oxygen atoms in total. The second-order valence-corrected chi connectivity index (χ2v) is 4.59. The Hall–Kier alpha value is -0.760. The van der Waals surface area contributed by atoms with Crippen LogP contribution in [0.4, 0.5) is 0 Å². The van der Waals surface area contributed by atoms with E-state index in [9.17, 15) is 5.11 Å². The van der Waals surface area contributed by atoms with Crippen LogP contribution in [0.25, 0.3) is 0 Å². The molecule has 0 radical (unpaired) electrons. The zero-order valence-electron chi connectivity index (χ0n) is 10.2. The molecule has 0 aromatic rings. The smallest absolute Gasteiger partial charge is 0.0959 e. The molecule has 1 N–H and O–H groups in total. The Morgan fingerprint density at radius 2 is 1.93 bits per heavy atom. The van der Waals surface area contributed by atoms with Crippen molar-refractivity contribution in [3.8, 4) is 0 Å². The molecular formula is C13H22O2. The Morgan fingerprint density at radius 3 is 2.47 bits per heavy atom. The molecule has 2 unspecified atom stereocenters. The maximum absolute atomic E-state index is 10.0. The first kappa shape index (κ1) is 12.3. The molecule has 1 rings (SSSR count). The topological polar surface area (TPSA) is 29.5 Å². The molecule has 15 heavy (non-hydrogen) atoms. The maximum Gasteiger partial charge on any atom is 0.0959 e. The second kappa shape index (κ2) is 5.36. The van der Waals surface area contributed by atoms with Crippen molar-refractivity contribution < 1.29 is 9.84 Å². The van der Waals surface area contributed by atoms with Crippen molar-refractivity contribution in [3.05, 3.63) is 23.5 Å². The first-order valence-corrected chi connectivity index (χ1v) is 5.66. The van der Waals surface area contributed by atoms with Crippen LogP contribution >= 0.6 is 0 Å². The fourth-order valence-corrected chi connectivity index (χ4v) is 1.99. The Bertz CT molecular complexity index is 264. The number of hydrogen-bond donors (Lipinski definition) is 1. The number of ether oxygens (including phenoxy) is 1. The number of rotatable bonds is 4. The van der Waals surface area contributed by atoms with E-state index in [0.717, 1.165) is 18.6 Å². The third-order valence-electron chi connectivity index (χ3n) is 3.15. The summed E-state index contributed by atoms with van der Waals surface area (Å²) in [5.74, 6) is 1.55. The van der Waals surface area contributed by atoms with Gasteiger partial charge in [0.2, 0.25) is 0 Å². The summed E-state index contributed by atoms with van der Waals surface area (Å²) in [7, 11) is 1.71. The van der Waals surface area contributed by atoms with E-state index in [1.54, 1.807) is 7.11 Å². The van der Waals surface area contributed by atoms with Crippen LogP contribution in [-0.4, -0.2) is 18.3 Å². The fraction of sp³-hybridized carbons (Fsp3) is 0.692. The lowest BCUT2D eigenvalue weighted by Gasteiger charge is -2.26. The third kappa shape index (κ3) is 3.10. The summed E-state index contributed by atoms with van der Waals surface area (Å²) in [6, 6.07) is 0. The molecule has 0 amide bonds. The van der Waals surface area contributed by atoms with Gasteiger partial charge in [0.25, 0.3) is 0 Å². The molecule has 0 aliphatic heterocycles. The zero-order chi connectivity index (χ0) is 11.4. The minimum atomic E-state index is -0.257. The molecular weight excluding hydrogens is 188 g/mol. The predicted octanol–water partition coefficient (Wildman–Crippen LogP) is 2.89. The molecule has 0 aromatic heterocycles. The van der Waals surface area contributed by atoms with Gasteiger partial charge >= 0.3 is 0 Å². The maximum atomic E-state index is 10.0. The highest BCUT2D eigenvalue weighted by atomic mass is 16.5. The first-order chi connectivity index (χ1) is 7.06. The summed E-state index contributed by atoms with van der Waals surface area (Å²) in [4.78, 5) is 0. The lowest BCUT2D eigenvalue weighted by molar-refractivity contribution is 0.0846. The van der Waals surface area contributed by atoms with E-state index < -0.39 is 0 Å². The number of methoxy groups -OCH3 is 1. The summed E-state index contributed by atoms with van der Waals surface area (Å²) in [6.07, 6.45) is 5.82. The largest absolute Gasteiger partial charge is 0.501 e. The van der Waals surface area contributed by atoms with Gasteiger partial charge in [-0.3, -0.25) is 0 Å². The van der Waals surface area contributed by atoms with Gasteiger partial charge in [0.1, 0.15) is 0 Å². The van der Waals surface area contributed by atoms with E-state index in [-0.39, 0.29) is 12.0 Å². The van der Waals surface area contributed by atoms with Crippen LogP contribution in [0.1, 0.15) is 33.6 Å². The van der Waals surface area contributed by atoms with Gasteiger partial charge in [-0.2, -0.15) is 0 Å². The average molecular weight is 210 g/mol. The second-order valence-electron chi connectivity index (χ2n) is 4.59. The van der Waals surface area contributed by atoms with E-state index in [2.05, 4.69) is 32.9 Å². The van der Waals surface area contributed by atoms with Crippen LogP contribution < -0.4 is 0 Å². The molecule has 2 heteroatoms. The van der Waals surface area contributed by atoms with Crippen LogP contribution in [0, 0.1) is 11.8 Å². The molecule has 1 aliphatic rings. The molecule has 2 atom stereocenters. The van der Waals surface area contributed by atoms with Crippen molar-refractivity contribution in [3.63, 3.8) is 0 Å². The lowest BCUT2D eigenvalue weighted by Crippen LogP contribution is -2.26. The SMILES string of the molecule is COC1=CCC=C(C(C)C(O)C(C)C)C1. The van der Waals surface area contributed by atoms with Crippen molar-refractivity contribution in [2.24, 2.45) is 11.8 Å². The van der Waals surface area contributed by atoms with Crippen molar-refractivity contribution in [1.29, 1.82) is 0 Å². The minimum absolute atomic E-state index is 0.226. The molecule has 0 fully saturated rings. The van der Waals surface area contributed by atoms with E-state index in [1.165, 1.54) is 5.57 Å². The van der Waals surface area contributed by atoms with E-state index >= 15 is 0 Å².